The molecule has 2 aromatic carbocycles. The van der Waals surface area contributed by atoms with E-state index in [9.17, 15) is 8.42 Å². The van der Waals surface area contributed by atoms with E-state index in [0.29, 0.717) is 18.1 Å². The molecular weight excluding hydrogens is 404 g/mol. The van der Waals surface area contributed by atoms with Crippen LogP contribution in [0.4, 0.5) is 0 Å². The van der Waals surface area contributed by atoms with E-state index in [0.717, 1.165) is 27.8 Å². The summed E-state index contributed by atoms with van der Waals surface area (Å²) in [7, 11) is -0.591. The highest BCUT2D eigenvalue weighted by molar-refractivity contribution is 7.89. The highest BCUT2D eigenvalue weighted by atomic mass is 32.2. The summed E-state index contributed by atoms with van der Waals surface area (Å²) < 4.78 is 35.7. The van der Waals surface area contributed by atoms with Gasteiger partial charge in [-0.2, -0.15) is 5.10 Å². The number of primary sulfonamides is 1. The van der Waals surface area contributed by atoms with Crippen LogP contribution in [-0.2, 0) is 16.6 Å². The molecule has 0 saturated heterocycles. The molecule has 4 aromatic rings. The Morgan fingerprint density at radius 1 is 0.967 bits per heavy atom. The van der Waals surface area contributed by atoms with Crippen LogP contribution in [0, 0.1) is 0 Å². The van der Waals surface area contributed by atoms with Gasteiger partial charge in [0.2, 0.25) is 15.9 Å². The van der Waals surface area contributed by atoms with E-state index in [1.165, 1.54) is 12.1 Å². The first kappa shape index (κ1) is 19.9. The zero-order valence-corrected chi connectivity index (χ0v) is 17.3. The highest BCUT2D eigenvalue weighted by Crippen LogP contribution is 2.34. The van der Waals surface area contributed by atoms with Crippen molar-refractivity contribution in [1.29, 1.82) is 0 Å². The molecule has 4 rings (SSSR count). The lowest BCUT2D eigenvalue weighted by Gasteiger charge is -2.06. The van der Waals surface area contributed by atoms with Crippen molar-refractivity contribution in [2.24, 2.45) is 5.14 Å². The molecule has 154 valence electrons. The van der Waals surface area contributed by atoms with E-state index in [4.69, 9.17) is 19.7 Å². The number of ether oxygens (including phenoxy) is 2. The number of benzene rings is 2. The fourth-order valence-corrected chi connectivity index (χ4v) is 3.79. The second-order valence-electron chi connectivity index (χ2n) is 6.64. The van der Waals surface area contributed by atoms with E-state index < -0.39 is 10.0 Å². The SMILES string of the molecule is COc1ccc(Cn2nc(-c3ccc(S(N)(=O)=O)cc3)c3c(OC)nccc32)cc1. The molecule has 2 heterocycles. The Kier molecular flexibility index (Phi) is 5.15. The topological polar surface area (TPSA) is 109 Å². The third-order valence-corrected chi connectivity index (χ3v) is 5.70. The molecule has 2 N–H and O–H groups in total. The second-order valence-corrected chi connectivity index (χ2v) is 8.20. The maximum absolute atomic E-state index is 11.6. The van der Waals surface area contributed by atoms with Gasteiger partial charge in [-0.05, 0) is 35.9 Å². The van der Waals surface area contributed by atoms with Gasteiger partial charge in [0.25, 0.3) is 0 Å². The van der Waals surface area contributed by atoms with Crippen LogP contribution in [0.25, 0.3) is 22.2 Å². The summed E-state index contributed by atoms with van der Waals surface area (Å²) in [5.74, 6) is 1.23. The fourth-order valence-electron chi connectivity index (χ4n) is 3.28. The standard InChI is InChI=1S/C21H20N4O4S/c1-28-16-7-3-14(4-8-16)13-25-18-11-12-23-21(29-2)19(18)20(24-25)15-5-9-17(10-6-15)30(22,26)27/h3-12H,13H2,1-2H3,(H2,22,26,27). The average molecular weight is 424 g/mol. The van der Waals surface area contributed by atoms with Gasteiger partial charge < -0.3 is 9.47 Å². The smallest absolute Gasteiger partial charge is 0.238 e. The summed E-state index contributed by atoms with van der Waals surface area (Å²) >= 11 is 0. The first-order valence-electron chi connectivity index (χ1n) is 9.06. The number of aromatic nitrogens is 3. The van der Waals surface area contributed by atoms with Crippen molar-refractivity contribution in [3.63, 3.8) is 0 Å². The lowest BCUT2D eigenvalue weighted by molar-refractivity contribution is 0.403. The van der Waals surface area contributed by atoms with Crippen molar-refractivity contribution in [2.45, 2.75) is 11.4 Å². The molecule has 0 unspecified atom stereocenters. The Labute approximate surface area is 173 Å². The lowest BCUT2D eigenvalue weighted by Crippen LogP contribution is -2.11. The molecular formula is C21H20N4O4S. The van der Waals surface area contributed by atoms with Gasteiger partial charge in [-0.15, -0.1) is 0 Å². The molecule has 0 fully saturated rings. The van der Waals surface area contributed by atoms with Gasteiger partial charge >= 0.3 is 0 Å². The van der Waals surface area contributed by atoms with Gasteiger partial charge in [0.05, 0.1) is 36.6 Å². The number of hydrogen-bond donors (Lipinski definition) is 1. The van der Waals surface area contributed by atoms with Crippen LogP contribution in [0.3, 0.4) is 0 Å². The number of rotatable bonds is 6. The largest absolute Gasteiger partial charge is 0.497 e. The molecule has 9 heteroatoms. The average Bonchev–Trinajstić information content (AvgIpc) is 3.12. The molecule has 0 aliphatic heterocycles. The first-order chi connectivity index (χ1) is 14.4. The Hall–Kier alpha value is -3.43. The Bertz CT molecular complexity index is 1300. The summed E-state index contributed by atoms with van der Waals surface area (Å²) in [6.45, 7) is 0.531. The monoisotopic (exact) mass is 424 g/mol. The summed E-state index contributed by atoms with van der Waals surface area (Å²) in [5, 5.41) is 10.7. The van der Waals surface area contributed by atoms with Crippen LogP contribution in [-0.4, -0.2) is 37.4 Å². The molecule has 0 aliphatic rings. The second kappa shape index (κ2) is 7.77. The Morgan fingerprint density at radius 3 is 2.27 bits per heavy atom. The number of sulfonamides is 1. The number of nitrogens with zero attached hydrogens (tertiary/aromatic N) is 3. The molecule has 0 bridgehead atoms. The van der Waals surface area contributed by atoms with E-state index in [1.54, 1.807) is 32.5 Å². The normalized spacial score (nSPS) is 11.6. The van der Waals surface area contributed by atoms with E-state index in [2.05, 4.69) is 4.98 Å². The molecule has 8 nitrogen and oxygen atoms in total. The van der Waals surface area contributed by atoms with Gasteiger partial charge in [-0.1, -0.05) is 24.3 Å². The zero-order chi connectivity index (χ0) is 21.3. The third kappa shape index (κ3) is 3.72. The molecule has 30 heavy (non-hydrogen) atoms. The van der Waals surface area contributed by atoms with E-state index in [1.807, 2.05) is 35.0 Å². The first-order valence-corrected chi connectivity index (χ1v) is 10.6. The molecule has 0 saturated carbocycles. The summed E-state index contributed by atoms with van der Waals surface area (Å²) in [4.78, 5) is 4.34. The Balaban J connectivity index is 1.83. The number of hydrogen-bond acceptors (Lipinski definition) is 6. The molecule has 0 radical (unpaired) electrons. The zero-order valence-electron chi connectivity index (χ0n) is 16.4. The lowest BCUT2D eigenvalue weighted by atomic mass is 10.1. The van der Waals surface area contributed by atoms with Gasteiger partial charge in [0.15, 0.2) is 0 Å². The van der Waals surface area contributed by atoms with Gasteiger partial charge in [-0.25, -0.2) is 18.5 Å². The van der Waals surface area contributed by atoms with Crippen LogP contribution < -0.4 is 14.6 Å². The molecule has 0 spiro atoms. The maximum Gasteiger partial charge on any atom is 0.238 e. The van der Waals surface area contributed by atoms with Crippen LogP contribution in [0.1, 0.15) is 5.56 Å². The van der Waals surface area contributed by atoms with Crippen molar-refractivity contribution < 1.29 is 17.9 Å². The summed E-state index contributed by atoms with van der Waals surface area (Å²) in [6, 6.07) is 15.9. The molecule has 0 atom stereocenters. The van der Waals surface area contributed by atoms with Gasteiger partial charge in [-0.3, -0.25) is 4.68 Å². The fraction of sp³-hybridized carbons (Fsp3) is 0.143. The van der Waals surface area contributed by atoms with Crippen molar-refractivity contribution in [1.82, 2.24) is 14.8 Å². The van der Waals surface area contributed by atoms with Crippen molar-refractivity contribution >= 4 is 20.9 Å². The number of pyridine rings is 1. The number of methoxy groups -OCH3 is 2. The van der Waals surface area contributed by atoms with Crippen LogP contribution in [0.5, 0.6) is 11.6 Å². The summed E-state index contributed by atoms with van der Waals surface area (Å²) in [6.07, 6.45) is 1.67. The van der Waals surface area contributed by atoms with Crippen LogP contribution >= 0.6 is 0 Å². The number of nitrogens with two attached hydrogens (primary N) is 1. The Morgan fingerprint density at radius 2 is 1.67 bits per heavy atom. The van der Waals surface area contributed by atoms with Gasteiger partial charge in [0.1, 0.15) is 11.4 Å². The third-order valence-electron chi connectivity index (χ3n) is 4.77. The van der Waals surface area contributed by atoms with Crippen LogP contribution in [0.15, 0.2) is 65.7 Å². The highest BCUT2D eigenvalue weighted by Gasteiger charge is 2.18. The minimum atomic E-state index is -3.77. The quantitative estimate of drug-likeness (QED) is 0.510. The maximum atomic E-state index is 11.6. The molecule has 0 aliphatic carbocycles. The van der Waals surface area contributed by atoms with Crippen molar-refractivity contribution in [3.05, 3.63) is 66.4 Å². The predicted molar refractivity (Wildman–Crippen MR) is 113 cm³/mol. The minimum absolute atomic E-state index is 0.0401. The number of fused-ring (bicyclic) bond motifs is 1. The predicted octanol–water partition coefficient (Wildman–Crippen LogP) is 2.81. The van der Waals surface area contributed by atoms with E-state index in [-0.39, 0.29) is 4.90 Å². The van der Waals surface area contributed by atoms with Crippen molar-refractivity contribution in [2.75, 3.05) is 14.2 Å². The van der Waals surface area contributed by atoms with E-state index >= 15 is 0 Å². The minimum Gasteiger partial charge on any atom is -0.497 e. The summed E-state index contributed by atoms with van der Waals surface area (Å²) in [5.41, 5.74) is 3.27. The molecule has 0 amide bonds. The molecule has 2 aromatic heterocycles. The van der Waals surface area contributed by atoms with Crippen molar-refractivity contribution in [3.8, 4) is 22.9 Å². The van der Waals surface area contributed by atoms with Gasteiger partial charge in [0, 0.05) is 11.8 Å². The van der Waals surface area contributed by atoms with Crippen LogP contribution in [0.2, 0.25) is 0 Å².